The molecule has 0 saturated carbocycles. The molecule has 1 heterocycles. The SMILES string of the molecule is CCc1c(O)n(-c2ccc(OC)cc2)c(=O)[nH]c1=O. The standard InChI is InChI=1S/C13H14N2O4/c1-3-10-11(16)14-13(18)15(12(10)17)8-4-6-9(19-2)7-5-8/h4-7,17H,3H2,1-2H3,(H,14,16,18). The summed E-state index contributed by atoms with van der Waals surface area (Å²) in [6, 6.07) is 6.57. The molecule has 2 N–H and O–H groups in total. The smallest absolute Gasteiger partial charge is 0.335 e. The van der Waals surface area contributed by atoms with Crippen molar-refractivity contribution in [3.63, 3.8) is 0 Å². The zero-order valence-corrected chi connectivity index (χ0v) is 10.6. The minimum absolute atomic E-state index is 0.176. The lowest BCUT2D eigenvalue weighted by Crippen LogP contribution is -2.31. The van der Waals surface area contributed by atoms with Gasteiger partial charge in [-0.2, -0.15) is 0 Å². The largest absolute Gasteiger partial charge is 0.497 e. The van der Waals surface area contributed by atoms with Crippen molar-refractivity contribution in [2.45, 2.75) is 13.3 Å². The number of benzene rings is 1. The molecule has 0 atom stereocenters. The third kappa shape index (κ3) is 2.24. The van der Waals surface area contributed by atoms with Crippen molar-refractivity contribution in [2.75, 3.05) is 7.11 Å². The second-order valence-corrected chi connectivity index (χ2v) is 3.95. The lowest BCUT2D eigenvalue weighted by atomic mass is 10.2. The fourth-order valence-electron chi connectivity index (χ4n) is 1.85. The van der Waals surface area contributed by atoms with Gasteiger partial charge in [-0.15, -0.1) is 0 Å². The highest BCUT2D eigenvalue weighted by molar-refractivity contribution is 5.41. The number of aromatic amines is 1. The zero-order chi connectivity index (χ0) is 14.0. The number of aromatic hydroxyl groups is 1. The molecule has 1 aromatic carbocycles. The van der Waals surface area contributed by atoms with Crippen molar-refractivity contribution in [1.82, 2.24) is 9.55 Å². The topological polar surface area (TPSA) is 84.3 Å². The summed E-state index contributed by atoms with van der Waals surface area (Å²) in [7, 11) is 1.54. The average Bonchev–Trinajstić information content (AvgIpc) is 2.39. The molecule has 100 valence electrons. The number of ether oxygens (including phenoxy) is 1. The minimum atomic E-state index is -0.676. The van der Waals surface area contributed by atoms with Crippen LogP contribution < -0.4 is 16.0 Å². The Kier molecular flexibility index (Phi) is 3.41. The van der Waals surface area contributed by atoms with Gasteiger partial charge in [0.25, 0.3) is 5.56 Å². The number of rotatable bonds is 3. The summed E-state index contributed by atoms with van der Waals surface area (Å²) < 4.78 is 6.08. The van der Waals surface area contributed by atoms with Crippen LogP contribution in [0.5, 0.6) is 11.6 Å². The van der Waals surface area contributed by atoms with Crippen LogP contribution in [0.4, 0.5) is 0 Å². The summed E-state index contributed by atoms with van der Waals surface area (Å²) >= 11 is 0. The second-order valence-electron chi connectivity index (χ2n) is 3.95. The van der Waals surface area contributed by atoms with E-state index in [0.717, 1.165) is 4.57 Å². The van der Waals surface area contributed by atoms with Crippen LogP contribution in [-0.2, 0) is 6.42 Å². The third-order valence-electron chi connectivity index (χ3n) is 2.86. The molecule has 6 nitrogen and oxygen atoms in total. The summed E-state index contributed by atoms with van der Waals surface area (Å²) in [5.74, 6) is 0.304. The minimum Gasteiger partial charge on any atom is -0.497 e. The Morgan fingerprint density at radius 1 is 1.26 bits per heavy atom. The number of nitrogens with one attached hydrogen (secondary N) is 1. The maximum atomic E-state index is 11.8. The van der Waals surface area contributed by atoms with E-state index >= 15 is 0 Å². The Bertz CT molecular complexity index is 698. The van der Waals surface area contributed by atoms with Gasteiger partial charge in [-0.25, -0.2) is 9.36 Å². The highest BCUT2D eigenvalue weighted by Gasteiger charge is 2.13. The van der Waals surface area contributed by atoms with Crippen LogP contribution >= 0.6 is 0 Å². The molecule has 0 radical (unpaired) electrons. The molecule has 0 saturated heterocycles. The average molecular weight is 262 g/mol. The molecule has 0 spiro atoms. The van der Waals surface area contributed by atoms with E-state index in [1.165, 1.54) is 7.11 Å². The molecular formula is C13H14N2O4. The van der Waals surface area contributed by atoms with Gasteiger partial charge in [0.1, 0.15) is 5.75 Å². The molecule has 6 heteroatoms. The quantitative estimate of drug-likeness (QED) is 0.857. The van der Waals surface area contributed by atoms with Crippen LogP contribution in [0, 0.1) is 0 Å². The number of aromatic nitrogens is 2. The molecule has 2 rings (SSSR count). The van der Waals surface area contributed by atoms with Crippen LogP contribution in [0.3, 0.4) is 0 Å². The van der Waals surface area contributed by atoms with Crippen molar-refractivity contribution in [2.24, 2.45) is 0 Å². The number of hydrogen-bond acceptors (Lipinski definition) is 4. The molecule has 0 amide bonds. The molecule has 1 aromatic heterocycles. The van der Waals surface area contributed by atoms with Crippen molar-refractivity contribution < 1.29 is 9.84 Å². The van der Waals surface area contributed by atoms with E-state index < -0.39 is 11.2 Å². The number of methoxy groups -OCH3 is 1. The van der Waals surface area contributed by atoms with Crippen LogP contribution in [0.15, 0.2) is 33.9 Å². The Hall–Kier alpha value is -2.50. The van der Waals surface area contributed by atoms with Gasteiger partial charge in [-0.1, -0.05) is 6.92 Å². The van der Waals surface area contributed by atoms with Crippen molar-refractivity contribution in [1.29, 1.82) is 0 Å². The molecular weight excluding hydrogens is 248 g/mol. The Morgan fingerprint density at radius 3 is 2.42 bits per heavy atom. The maximum Gasteiger partial charge on any atom is 0.335 e. The zero-order valence-electron chi connectivity index (χ0n) is 10.6. The molecule has 2 aromatic rings. The lowest BCUT2D eigenvalue weighted by molar-refractivity contribution is 0.413. The van der Waals surface area contributed by atoms with Gasteiger partial charge in [0.2, 0.25) is 5.88 Å². The Balaban J connectivity index is 2.67. The highest BCUT2D eigenvalue weighted by atomic mass is 16.5. The lowest BCUT2D eigenvalue weighted by Gasteiger charge is -2.10. The molecule has 0 aliphatic heterocycles. The Morgan fingerprint density at radius 2 is 1.89 bits per heavy atom. The van der Waals surface area contributed by atoms with E-state index in [0.29, 0.717) is 17.9 Å². The monoisotopic (exact) mass is 262 g/mol. The summed E-state index contributed by atoms with van der Waals surface area (Å²) in [6.45, 7) is 1.73. The van der Waals surface area contributed by atoms with Gasteiger partial charge < -0.3 is 9.84 Å². The summed E-state index contributed by atoms with van der Waals surface area (Å²) in [5.41, 5.74) is -0.607. The van der Waals surface area contributed by atoms with Crippen molar-refractivity contribution >= 4 is 0 Å². The van der Waals surface area contributed by atoms with Crippen molar-refractivity contribution in [3.8, 4) is 17.3 Å². The molecule has 0 unspecified atom stereocenters. The summed E-state index contributed by atoms with van der Waals surface area (Å²) in [4.78, 5) is 25.5. The molecule has 19 heavy (non-hydrogen) atoms. The first-order chi connectivity index (χ1) is 9.08. The van der Waals surface area contributed by atoms with E-state index in [1.807, 2.05) is 0 Å². The first-order valence-electron chi connectivity index (χ1n) is 5.80. The van der Waals surface area contributed by atoms with Crippen LogP contribution in [0.1, 0.15) is 12.5 Å². The van der Waals surface area contributed by atoms with E-state index in [2.05, 4.69) is 4.98 Å². The van der Waals surface area contributed by atoms with E-state index in [4.69, 9.17) is 4.74 Å². The van der Waals surface area contributed by atoms with Gasteiger partial charge in [-0.05, 0) is 30.7 Å². The highest BCUT2D eigenvalue weighted by Crippen LogP contribution is 2.19. The molecule has 0 fully saturated rings. The van der Waals surface area contributed by atoms with Crippen molar-refractivity contribution in [3.05, 3.63) is 50.7 Å². The first kappa shape index (κ1) is 12.9. The number of hydrogen-bond donors (Lipinski definition) is 2. The van der Waals surface area contributed by atoms with Gasteiger partial charge in [0, 0.05) is 0 Å². The van der Waals surface area contributed by atoms with E-state index in [1.54, 1.807) is 31.2 Å². The number of H-pyrrole nitrogens is 1. The normalized spacial score (nSPS) is 10.4. The molecule has 0 aliphatic rings. The fraction of sp³-hybridized carbons (Fsp3) is 0.231. The predicted molar refractivity (Wildman–Crippen MR) is 70.3 cm³/mol. The molecule has 0 aliphatic carbocycles. The first-order valence-corrected chi connectivity index (χ1v) is 5.80. The Labute approximate surface area is 108 Å². The van der Waals surface area contributed by atoms with Crippen LogP contribution in [-0.4, -0.2) is 21.8 Å². The van der Waals surface area contributed by atoms with Gasteiger partial charge in [0.15, 0.2) is 0 Å². The summed E-state index contributed by atoms with van der Waals surface area (Å²) in [5, 5.41) is 10.0. The molecule has 0 bridgehead atoms. The number of nitrogens with zero attached hydrogens (tertiary/aromatic N) is 1. The van der Waals surface area contributed by atoms with Gasteiger partial charge in [0.05, 0.1) is 18.4 Å². The van der Waals surface area contributed by atoms with E-state index in [9.17, 15) is 14.7 Å². The van der Waals surface area contributed by atoms with Gasteiger partial charge >= 0.3 is 5.69 Å². The van der Waals surface area contributed by atoms with Crippen LogP contribution in [0.2, 0.25) is 0 Å². The van der Waals surface area contributed by atoms with Crippen LogP contribution in [0.25, 0.3) is 5.69 Å². The third-order valence-corrected chi connectivity index (χ3v) is 2.86. The predicted octanol–water partition coefficient (Wildman–Crippen LogP) is 0.802. The second kappa shape index (κ2) is 5.01. The fourth-order valence-corrected chi connectivity index (χ4v) is 1.85. The van der Waals surface area contributed by atoms with Gasteiger partial charge in [-0.3, -0.25) is 9.78 Å². The van der Waals surface area contributed by atoms with E-state index in [-0.39, 0.29) is 11.4 Å². The summed E-state index contributed by atoms with van der Waals surface area (Å²) in [6.07, 6.45) is 0.331. The maximum absolute atomic E-state index is 11.8.